The molecule has 0 atom stereocenters. The summed E-state index contributed by atoms with van der Waals surface area (Å²) in [6.07, 6.45) is 0.161. The molecule has 0 saturated heterocycles. The second-order valence-corrected chi connectivity index (χ2v) is 4.35. The van der Waals surface area contributed by atoms with E-state index in [1.807, 2.05) is 19.3 Å². The molecule has 100 valence electrons. The maximum atomic E-state index is 11.8. The third-order valence-electron chi connectivity index (χ3n) is 2.63. The number of fused-ring (bicyclic) bond motifs is 1. The van der Waals surface area contributed by atoms with Gasteiger partial charge in [0.2, 0.25) is 0 Å². The van der Waals surface area contributed by atoms with Crippen molar-refractivity contribution in [3.05, 3.63) is 34.2 Å². The van der Waals surface area contributed by atoms with Gasteiger partial charge in [0, 0.05) is 6.04 Å². The number of rotatable bonds is 3. The molecule has 1 aromatic heterocycles. The summed E-state index contributed by atoms with van der Waals surface area (Å²) in [4.78, 5) is 24.8. The summed E-state index contributed by atoms with van der Waals surface area (Å²) in [5.74, 6) is 0. The predicted molar refractivity (Wildman–Crippen MR) is 71.7 cm³/mol. The number of H-pyrrole nitrogens is 1. The lowest BCUT2D eigenvalue weighted by molar-refractivity contribution is 0.195. The van der Waals surface area contributed by atoms with Crippen molar-refractivity contribution < 1.29 is 9.90 Å². The Morgan fingerprint density at radius 3 is 2.89 bits per heavy atom. The Morgan fingerprint density at radius 2 is 2.26 bits per heavy atom. The lowest BCUT2D eigenvalue weighted by atomic mass is 10.2. The Kier molecular flexibility index (Phi) is 3.37. The second kappa shape index (κ2) is 4.97. The molecule has 3 N–H and O–H groups in total. The van der Waals surface area contributed by atoms with Crippen molar-refractivity contribution >= 4 is 23.3 Å². The highest BCUT2D eigenvalue weighted by Gasteiger charge is 2.09. The Morgan fingerprint density at radius 1 is 1.53 bits per heavy atom. The first-order valence-corrected chi connectivity index (χ1v) is 5.75. The topological polar surface area (TPSA) is 99.5 Å². The molecule has 0 aliphatic rings. The fraction of sp³-hybridized carbons (Fsp3) is 0.250. The van der Waals surface area contributed by atoms with Crippen molar-refractivity contribution in [1.29, 1.82) is 0 Å². The van der Waals surface area contributed by atoms with Gasteiger partial charge in [0.05, 0.1) is 17.2 Å². The maximum absolute atomic E-state index is 11.8. The molecule has 2 aromatic rings. The number of aromatic nitrogens is 2. The summed E-state index contributed by atoms with van der Waals surface area (Å²) in [5.41, 5.74) is 3.93. The molecule has 1 aromatic carbocycles. The highest BCUT2D eigenvalue weighted by molar-refractivity contribution is 5.87. The van der Waals surface area contributed by atoms with E-state index in [-0.39, 0.29) is 11.7 Å². The van der Waals surface area contributed by atoms with E-state index in [0.29, 0.717) is 5.56 Å². The number of aromatic amines is 1. The average molecular weight is 262 g/mol. The first kappa shape index (κ1) is 12.9. The lowest BCUT2D eigenvalue weighted by Gasteiger charge is -2.06. The van der Waals surface area contributed by atoms with Crippen LogP contribution < -0.4 is 11.1 Å². The summed E-state index contributed by atoms with van der Waals surface area (Å²) in [7, 11) is 0. The molecule has 0 radical (unpaired) electrons. The van der Waals surface area contributed by atoms with E-state index >= 15 is 0 Å². The fourth-order valence-electron chi connectivity index (χ4n) is 1.89. The van der Waals surface area contributed by atoms with Crippen LogP contribution in [0.4, 0.5) is 4.79 Å². The van der Waals surface area contributed by atoms with E-state index in [4.69, 9.17) is 5.11 Å². The summed E-state index contributed by atoms with van der Waals surface area (Å²) in [6, 6.07) is 5.32. The van der Waals surface area contributed by atoms with Gasteiger partial charge in [-0.3, -0.25) is 4.57 Å². The van der Waals surface area contributed by atoms with Gasteiger partial charge >= 0.3 is 11.8 Å². The number of carboxylic acid groups (broad SMARTS) is 1. The number of benzene rings is 1. The molecule has 0 unspecified atom stereocenters. The molecule has 0 spiro atoms. The number of carbonyl (C=O) groups is 1. The fourth-order valence-corrected chi connectivity index (χ4v) is 1.89. The summed E-state index contributed by atoms with van der Waals surface area (Å²) in [6.45, 7) is 3.84. The highest BCUT2D eigenvalue weighted by Crippen LogP contribution is 2.15. The molecule has 0 bridgehead atoms. The SMILES string of the molecule is CC(C)n1c(=O)[nH]c2ccc(/C=N/NC(=O)O)cc21. The maximum Gasteiger partial charge on any atom is 0.425 e. The van der Waals surface area contributed by atoms with E-state index in [9.17, 15) is 9.59 Å². The van der Waals surface area contributed by atoms with Crippen LogP contribution in [-0.2, 0) is 0 Å². The molecule has 7 nitrogen and oxygen atoms in total. The summed E-state index contributed by atoms with van der Waals surface area (Å²) < 4.78 is 1.64. The quantitative estimate of drug-likeness (QED) is 0.577. The van der Waals surface area contributed by atoms with Crippen LogP contribution in [0.25, 0.3) is 11.0 Å². The van der Waals surface area contributed by atoms with Crippen LogP contribution in [0.3, 0.4) is 0 Å². The van der Waals surface area contributed by atoms with Crippen LogP contribution in [0.5, 0.6) is 0 Å². The molecule has 1 amide bonds. The Bertz CT molecular complexity index is 697. The molecule has 0 fully saturated rings. The van der Waals surface area contributed by atoms with Gasteiger partial charge in [-0.25, -0.2) is 15.0 Å². The number of nitrogens with zero attached hydrogens (tertiary/aromatic N) is 2. The first-order chi connectivity index (χ1) is 8.99. The second-order valence-electron chi connectivity index (χ2n) is 4.35. The van der Waals surface area contributed by atoms with Gasteiger partial charge in [-0.2, -0.15) is 5.10 Å². The zero-order valence-electron chi connectivity index (χ0n) is 10.5. The predicted octanol–water partition coefficient (Wildman–Crippen LogP) is 1.51. The smallest absolute Gasteiger partial charge is 0.425 e. The molecule has 19 heavy (non-hydrogen) atoms. The van der Waals surface area contributed by atoms with Crippen molar-refractivity contribution in [2.75, 3.05) is 0 Å². The standard InChI is InChI=1S/C12H14N4O3/c1-7(2)16-10-5-8(6-13-15-12(18)19)3-4-9(10)14-11(16)17/h3-7,15H,1-2H3,(H,14,17)(H,18,19)/b13-6+. The van der Waals surface area contributed by atoms with Crippen molar-refractivity contribution in [2.45, 2.75) is 19.9 Å². The number of nitrogens with one attached hydrogen (secondary N) is 2. The molecule has 0 aliphatic heterocycles. The van der Waals surface area contributed by atoms with Gasteiger partial charge in [0.15, 0.2) is 0 Å². The van der Waals surface area contributed by atoms with Crippen LogP contribution in [0.15, 0.2) is 28.1 Å². The molecule has 2 rings (SSSR count). The van der Waals surface area contributed by atoms with Gasteiger partial charge in [0.1, 0.15) is 0 Å². The van der Waals surface area contributed by atoms with Gasteiger partial charge < -0.3 is 10.1 Å². The van der Waals surface area contributed by atoms with E-state index in [1.54, 1.807) is 22.8 Å². The Hall–Kier alpha value is -2.57. The highest BCUT2D eigenvalue weighted by atomic mass is 16.4. The van der Waals surface area contributed by atoms with Crippen molar-refractivity contribution in [3.8, 4) is 0 Å². The van der Waals surface area contributed by atoms with Crippen LogP contribution in [-0.4, -0.2) is 27.0 Å². The minimum Gasteiger partial charge on any atom is -0.464 e. The number of hydrazone groups is 1. The number of amides is 1. The van der Waals surface area contributed by atoms with Gasteiger partial charge in [-0.15, -0.1) is 0 Å². The molecular formula is C12H14N4O3. The molecule has 1 heterocycles. The first-order valence-electron chi connectivity index (χ1n) is 5.75. The van der Waals surface area contributed by atoms with E-state index in [0.717, 1.165) is 11.0 Å². The van der Waals surface area contributed by atoms with Crippen LogP contribution in [0, 0.1) is 0 Å². The van der Waals surface area contributed by atoms with Gasteiger partial charge in [0.25, 0.3) is 0 Å². The van der Waals surface area contributed by atoms with E-state index in [1.165, 1.54) is 6.21 Å². The summed E-state index contributed by atoms with van der Waals surface area (Å²) >= 11 is 0. The van der Waals surface area contributed by atoms with Crippen molar-refractivity contribution in [1.82, 2.24) is 15.0 Å². The van der Waals surface area contributed by atoms with Crippen LogP contribution in [0.2, 0.25) is 0 Å². The van der Waals surface area contributed by atoms with Crippen LogP contribution >= 0.6 is 0 Å². The van der Waals surface area contributed by atoms with E-state index in [2.05, 4.69) is 10.1 Å². The minimum absolute atomic E-state index is 0.0329. The monoisotopic (exact) mass is 262 g/mol. The molecule has 0 saturated carbocycles. The largest absolute Gasteiger partial charge is 0.464 e. The Balaban J connectivity index is 2.44. The zero-order valence-corrected chi connectivity index (χ0v) is 10.5. The molecule has 7 heteroatoms. The van der Waals surface area contributed by atoms with Crippen molar-refractivity contribution in [3.63, 3.8) is 0 Å². The van der Waals surface area contributed by atoms with E-state index < -0.39 is 6.09 Å². The zero-order chi connectivity index (χ0) is 14.0. The van der Waals surface area contributed by atoms with Gasteiger partial charge in [-0.05, 0) is 31.5 Å². The molecule has 0 aliphatic carbocycles. The Labute approximate surface area is 108 Å². The van der Waals surface area contributed by atoms with Crippen LogP contribution in [0.1, 0.15) is 25.5 Å². The number of hydrogen-bond donors (Lipinski definition) is 3. The van der Waals surface area contributed by atoms with Gasteiger partial charge in [-0.1, -0.05) is 6.07 Å². The number of hydrogen-bond acceptors (Lipinski definition) is 3. The average Bonchev–Trinajstić information content (AvgIpc) is 2.63. The third-order valence-corrected chi connectivity index (χ3v) is 2.63. The molecular weight excluding hydrogens is 248 g/mol. The summed E-state index contributed by atoms with van der Waals surface area (Å²) in [5, 5.41) is 12.0. The lowest BCUT2D eigenvalue weighted by Crippen LogP contribution is -2.18. The third kappa shape index (κ3) is 2.65. The minimum atomic E-state index is -1.22. The van der Waals surface area contributed by atoms with Crippen molar-refractivity contribution in [2.24, 2.45) is 5.10 Å². The number of imidazole rings is 1. The normalized spacial score (nSPS) is 11.5.